The number of hydrogen-bond donors (Lipinski definition) is 0. The summed E-state index contributed by atoms with van der Waals surface area (Å²) in [5, 5.41) is 0. The van der Waals surface area contributed by atoms with E-state index in [1.807, 2.05) is 18.2 Å². The summed E-state index contributed by atoms with van der Waals surface area (Å²) in [4.78, 5) is 11.9. The van der Waals surface area contributed by atoms with Crippen LogP contribution < -0.4 is 4.74 Å². The van der Waals surface area contributed by atoms with Gasteiger partial charge in [-0.2, -0.15) is 0 Å². The average molecular weight is 274 g/mol. The summed E-state index contributed by atoms with van der Waals surface area (Å²) in [5.74, 6) is 1.11. The van der Waals surface area contributed by atoms with Gasteiger partial charge in [0.15, 0.2) is 5.78 Å². The lowest BCUT2D eigenvalue weighted by Crippen LogP contribution is -2.24. The highest BCUT2D eigenvalue weighted by molar-refractivity contribution is 5.99. The molecule has 0 amide bonds. The van der Waals surface area contributed by atoms with Crippen LogP contribution in [0.5, 0.6) is 5.75 Å². The fourth-order valence-corrected chi connectivity index (χ4v) is 3.16. The van der Waals surface area contributed by atoms with Gasteiger partial charge in [0.25, 0.3) is 0 Å². The Morgan fingerprint density at radius 2 is 2.20 bits per heavy atom. The number of ether oxygens (including phenoxy) is 2. The largest absolute Gasteiger partial charge is 0.491 e. The topological polar surface area (TPSA) is 35.5 Å². The molecule has 1 aromatic carbocycles. The Morgan fingerprint density at radius 1 is 1.35 bits per heavy atom. The molecule has 1 aliphatic carbocycles. The summed E-state index contributed by atoms with van der Waals surface area (Å²) >= 11 is 0. The zero-order chi connectivity index (χ0) is 14.2. The van der Waals surface area contributed by atoms with Gasteiger partial charge in [-0.1, -0.05) is 12.1 Å². The summed E-state index contributed by atoms with van der Waals surface area (Å²) < 4.78 is 11.9. The van der Waals surface area contributed by atoms with E-state index in [-0.39, 0.29) is 17.5 Å². The van der Waals surface area contributed by atoms with Crippen LogP contribution in [0.15, 0.2) is 18.2 Å². The molecule has 0 aromatic heterocycles. The molecular weight excluding hydrogens is 252 g/mol. The van der Waals surface area contributed by atoms with Crippen molar-refractivity contribution in [1.29, 1.82) is 0 Å². The van der Waals surface area contributed by atoms with E-state index in [0.717, 1.165) is 42.6 Å². The first-order valence-electron chi connectivity index (χ1n) is 7.51. The van der Waals surface area contributed by atoms with Crippen molar-refractivity contribution in [2.24, 2.45) is 0 Å². The molecule has 0 spiro atoms. The summed E-state index contributed by atoms with van der Waals surface area (Å²) in [7, 11) is 0. The second-order valence-electron chi connectivity index (χ2n) is 6.41. The minimum Gasteiger partial charge on any atom is -0.491 e. The van der Waals surface area contributed by atoms with Crippen LogP contribution in [0.2, 0.25) is 0 Å². The van der Waals surface area contributed by atoms with Crippen LogP contribution in [0.25, 0.3) is 0 Å². The Kier molecular flexibility index (Phi) is 3.55. The van der Waals surface area contributed by atoms with Crippen molar-refractivity contribution in [1.82, 2.24) is 0 Å². The number of fused-ring (bicyclic) bond motifs is 1. The normalized spacial score (nSPS) is 24.5. The number of rotatable bonds is 3. The fraction of sp³-hybridized carbons (Fsp3) is 0.588. The first kappa shape index (κ1) is 13.6. The van der Waals surface area contributed by atoms with Crippen LogP contribution in [0.3, 0.4) is 0 Å². The van der Waals surface area contributed by atoms with Gasteiger partial charge in [0.1, 0.15) is 12.4 Å². The molecule has 3 nitrogen and oxygen atoms in total. The highest BCUT2D eigenvalue weighted by Gasteiger charge is 2.32. The van der Waals surface area contributed by atoms with E-state index >= 15 is 0 Å². The Labute approximate surface area is 120 Å². The second kappa shape index (κ2) is 5.21. The Balaban J connectivity index is 1.69. The van der Waals surface area contributed by atoms with Gasteiger partial charge >= 0.3 is 0 Å². The molecule has 1 aliphatic heterocycles. The van der Waals surface area contributed by atoms with Crippen LogP contribution in [0.1, 0.15) is 55.5 Å². The summed E-state index contributed by atoms with van der Waals surface area (Å²) in [6, 6.07) is 5.80. The van der Waals surface area contributed by atoms with E-state index in [4.69, 9.17) is 9.47 Å². The molecule has 1 aromatic rings. The fourth-order valence-electron chi connectivity index (χ4n) is 3.16. The van der Waals surface area contributed by atoms with Crippen molar-refractivity contribution in [2.75, 3.05) is 6.61 Å². The van der Waals surface area contributed by atoms with Crippen LogP contribution in [-0.2, 0) is 11.2 Å². The number of Topliss-reactive ketones (excluding diaryl/α,β-unsaturated/α-hetero) is 1. The first-order chi connectivity index (χ1) is 9.55. The quantitative estimate of drug-likeness (QED) is 0.845. The van der Waals surface area contributed by atoms with Crippen molar-refractivity contribution >= 4 is 5.78 Å². The average Bonchev–Trinajstić information content (AvgIpc) is 2.77. The predicted molar refractivity (Wildman–Crippen MR) is 77.4 cm³/mol. The molecule has 0 radical (unpaired) electrons. The van der Waals surface area contributed by atoms with Crippen molar-refractivity contribution < 1.29 is 14.3 Å². The van der Waals surface area contributed by atoms with Crippen LogP contribution >= 0.6 is 0 Å². The van der Waals surface area contributed by atoms with Crippen molar-refractivity contribution in [3.05, 3.63) is 29.3 Å². The van der Waals surface area contributed by atoms with E-state index in [2.05, 4.69) is 13.8 Å². The molecule has 1 fully saturated rings. The summed E-state index contributed by atoms with van der Waals surface area (Å²) in [6.07, 6.45) is 4.82. The second-order valence-corrected chi connectivity index (χ2v) is 6.41. The third-order valence-electron chi connectivity index (χ3n) is 4.24. The van der Waals surface area contributed by atoms with E-state index in [1.54, 1.807) is 0 Å². The molecule has 1 saturated heterocycles. The van der Waals surface area contributed by atoms with Crippen LogP contribution in [0.4, 0.5) is 0 Å². The van der Waals surface area contributed by atoms with Crippen molar-refractivity contribution in [3.63, 3.8) is 0 Å². The monoisotopic (exact) mass is 274 g/mol. The SMILES string of the molecule is CC1(C)CCC(COc2cccc3c2CCCC3=O)O1. The van der Waals surface area contributed by atoms with E-state index in [1.165, 1.54) is 0 Å². The third-order valence-corrected chi connectivity index (χ3v) is 4.24. The van der Waals surface area contributed by atoms with Gasteiger partial charge in [0.05, 0.1) is 11.7 Å². The number of carbonyl (C=O) groups excluding carboxylic acids is 1. The van der Waals surface area contributed by atoms with Crippen molar-refractivity contribution in [2.45, 2.75) is 57.7 Å². The predicted octanol–water partition coefficient (Wildman–Crippen LogP) is 3.54. The highest BCUT2D eigenvalue weighted by atomic mass is 16.6. The number of ketones is 1. The number of carbonyl (C=O) groups is 1. The minimum atomic E-state index is -0.0277. The molecule has 3 rings (SSSR count). The summed E-state index contributed by atoms with van der Waals surface area (Å²) in [5.41, 5.74) is 1.91. The molecule has 2 aliphatic rings. The lowest BCUT2D eigenvalue weighted by molar-refractivity contribution is -0.0327. The van der Waals surface area contributed by atoms with Gasteiger partial charge in [0, 0.05) is 17.5 Å². The van der Waals surface area contributed by atoms with E-state index in [0.29, 0.717) is 13.0 Å². The Morgan fingerprint density at radius 3 is 2.95 bits per heavy atom. The van der Waals surface area contributed by atoms with Gasteiger partial charge < -0.3 is 9.47 Å². The molecule has 108 valence electrons. The molecule has 1 heterocycles. The van der Waals surface area contributed by atoms with Crippen molar-refractivity contribution in [3.8, 4) is 5.75 Å². The van der Waals surface area contributed by atoms with Gasteiger partial charge in [-0.15, -0.1) is 0 Å². The van der Waals surface area contributed by atoms with Gasteiger partial charge in [-0.3, -0.25) is 4.79 Å². The molecule has 1 atom stereocenters. The number of hydrogen-bond acceptors (Lipinski definition) is 3. The zero-order valence-corrected chi connectivity index (χ0v) is 12.3. The Hall–Kier alpha value is -1.35. The molecule has 0 bridgehead atoms. The van der Waals surface area contributed by atoms with Crippen LogP contribution in [0, 0.1) is 0 Å². The maximum Gasteiger partial charge on any atom is 0.163 e. The summed E-state index contributed by atoms with van der Waals surface area (Å²) in [6.45, 7) is 4.82. The molecule has 0 N–H and O–H groups in total. The maximum absolute atomic E-state index is 11.9. The molecule has 3 heteroatoms. The van der Waals surface area contributed by atoms with Gasteiger partial charge in [-0.25, -0.2) is 0 Å². The molecular formula is C17H22O3. The standard InChI is InChI=1S/C17H22O3/c1-17(2)10-9-12(20-17)11-19-16-8-4-5-13-14(16)6-3-7-15(13)18/h4-5,8,12H,3,6-7,9-11H2,1-2H3. The van der Waals surface area contributed by atoms with E-state index < -0.39 is 0 Å². The first-order valence-corrected chi connectivity index (χ1v) is 7.51. The third kappa shape index (κ3) is 2.73. The lowest BCUT2D eigenvalue weighted by atomic mass is 9.90. The van der Waals surface area contributed by atoms with Crippen LogP contribution in [-0.4, -0.2) is 24.1 Å². The Bertz CT molecular complexity index is 519. The number of benzene rings is 1. The maximum atomic E-state index is 11.9. The minimum absolute atomic E-state index is 0.0277. The molecule has 20 heavy (non-hydrogen) atoms. The zero-order valence-electron chi connectivity index (χ0n) is 12.3. The smallest absolute Gasteiger partial charge is 0.163 e. The molecule has 0 saturated carbocycles. The van der Waals surface area contributed by atoms with Gasteiger partial charge in [0.2, 0.25) is 0 Å². The van der Waals surface area contributed by atoms with Gasteiger partial charge in [-0.05, 0) is 45.6 Å². The highest BCUT2D eigenvalue weighted by Crippen LogP contribution is 2.32. The molecule has 1 unspecified atom stereocenters. The lowest BCUT2D eigenvalue weighted by Gasteiger charge is -2.22. The van der Waals surface area contributed by atoms with E-state index in [9.17, 15) is 4.79 Å².